The molecule has 0 aliphatic carbocycles. The number of phenolic OH excluding ortho intramolecular Hbond substituents is 1. The van der Waals surface area contributed by atoms with Crippen molar-refractivity contribution < 1.29 is 27.8 Å². The second-order valence-electron chi connectivity index (χ2n) is 6.07. The zero-order valence-corrected chi connectivity index (χ0v) is 15.8. The highest BCUT2D eigenvalue weighted by molar-refractivity contribution is 6.32. The van der Waals surface area contributed by atoms with Crippen molar-refractivity contribution in [1.29, 1.82) is 0 Å². The van der Waals surface area contributed by atoms with E-state index in [0.29, 0.717) is 17.3 Å². The monoisotopic (exact) mass is 425 g/mol. The molecule has 0 saturated carbocycles. The molecular weight excluding hydrogens is 411 g/mol. The van der Waals surface area contributed by atoms with Crippen LogP contribution in [0.5, 0.6) is 11.6 Å². The maximum Gasteiger partial charge on any atom is 0.435 e. The summed E-state index contributed by atoms with van der Waals surface area (Å²) in [7, 11) is 0. The molecular formula is C19H15ClF3N3O3. The van der Waals surface area contributed by atoms with Gasteiger partial charge in [-0.15, -0.1) is 0 Å². The molecule has 0 saturated heterocycles. The molecule has 2 N–H and O–H groups in total. The largest absolute Gasteiger partial charge is 0.508 e. The number of nitrogens with one attached hydrogen (secondary N) is 1. The van der Waals surface area contributed by atoms with Crippen molar-refractivity contribution in [3.8, 4) is 17.3 Å². The molecule has 3 rings (SSSR count). The number of aryl methyl sites for hydroxylation is 1. The molecule has 1 heterocycles. The lowest BCUT2D eigenvalue weighted by Gasteiger charge is -2.11. The number of alkyl halides is 3. The summed E-state index contributed by atoms with van der Waals surface area (Å²) in [6.07, 6.45) is -4.70. The number of hydrogen-bond donors (Lipinski definition) is 2. The number of anilines is 1. The van der Waals surface area contributed by atoms with Crippen LogP contribution >= 0.6 is 11.6 Å². The van der Waals surface area contributed by atoms with E-state index in [1.807, 2.05) is 0 Å². The molecule has 10 heteroatoms. The van der Waals surface area contributed by atoms with Gasteiger partial charge in [-0.05, 0) is 30.7 Å². The summed E-state index contributed by atoms with van der Waals surface area (Å²) in [5.41, 5.74) is -0.0697. The first kappa shape index (κ1) is 20.5. The van der Waals surface area contributed by atoms with E-state index in [9.17, 15) is 23.1 Å². The Bertz CT molecular complexity index is 1050. The Hall–Kier alpha value is -3.20. The summed E-state index contributed by atoms with van der Waals surface area (Å²) >= 11 is 6.05. The number of ether oxygens (including phenoxy) is 1. The number of para-hydroxylation sites is 1. The number of hydrogen-bond acceptors (Lipinski definition) is 4. The first-order valence-electron chi connectivity index (χ1n) is 8.29. The molecule has 0 spiro atoms. The number of aromatic nitrogens is 2. The van der Waals surface area contributed by atoms with Crippen LogP contribution < -0.4 is 10.1 Å². The lowest BCUT2D eigenvalue weighted by Crippen LogP contribution is -2.21. The van der Waals surface area contributed by atoms with Gasteiger partial charge in [0.05, 0.1) is 10.7 Å². The Kier molecular flexibility index (Phi) is 5.69. The van der Waals surface area contributed by atoms with E-state index in [1.54, 1.807) is 31.2 Å². The molecule has 152 valence electrons. The topological polar surface area (TPSA) is 76.4 Å². The zero-order chi connectivity index (χ0) is 21.2. The number of rotatable bonds is 5. The van der Waals surface area contributed by atoms with Gasteiger partial charge in [0.15, 0.2) is 12.3 Å². The Morgan fingerprint density at radius 1 is 1.24 bits per heavy atom. The van der Waals surface area contributed by atoms with Gasteiger partial charge in [-0.25, -0.2) is 0 Å². The van der Waals surface area contributed by atoms with Crippen molar-refractivity contribution in [3.63, 3.8) is 0 Å². The first-order chi connectivity index (χ1) is 13.6. The fourth-order valence-electron chi connectivity index (χ4n) is 2.43. The summed E-state index contributed by atoms with van der Waals surface area (Å²) in [5, 5.41) is 15.8. The van der Waals surface area contributed by atoms with Gasteiger partial charge in [0, 0.05) is 17.8 Å². The maximum absolute atomic E-state index is 13.1. The highest BCUT2D eigenvalue weighted by Gasteiger charge is 2.36. The first-order valence-corrected chi connectivity index (χ1v) is 8.67. The third kappa shape index (κ3) is 4.80. The van der Waals surface area contributed by atoms with E-state index in [0.717, 1.165) is 4.68 Å². The third-order valence-corrected chi connectivity index (χ3v) is 4.21. The van der Waals surface area contributed by atoms with Gasteiger partial charge in [0.25, 0.3) is 5.91 Å². The number of phenols is 1. The van der Waals surface area contributed by atoms with Gasteiger partial charge < -0.3 is 15.2 Å². The Balaban J connectivity index is 1.80. The normalized spacial score (nSPS) is 11.3. The SMILES string of the molecule is Cc1ccc(NC(=O)COc2cc(C(F)(F)F)nn2-c2ccccc2Cl)cc1O. The van der Waals surface area contributed by atoms with Gasteiger partial charge >= 0.3 is 6.18 Å². The molecule has 0 radical (unpaired) electrons. The van der Waals surface area contributed by atoms with E-state index >= 15 is 0 Å². The Morgan fingerprint density at radius 2 is 1.97 bits per heavy atom. The molecule has 6 nitrogen and oxygen atoms in total. The molecule has 0 unspecified atom stereocenters. The Labute approximate surface area is 168 Å². The summed E-state index contributed by atoms with van der Waals surface area (Å²) in [6, 6.07) is 11.4. The number of nitrogens with zero attached hydrogens (tertiary/aromatic N) is 2. The highest BCUT2D eigenvalue weighted by atomic mass is 35.5. The molecule has 1 aromatic heterocycles. The van der Waals surface area contributed by atoms with Crippen LogP contribution in [0.1, 0.15) is 11.3 Å². The summed E-state index contributed by atoms with van der Waals surface area (Å²) in [5.74, 6) is -0.934. The van der Waals surface area contributed by atoms with Gasteiger partial charge in [-0.2, -0.15) is 23.0 Å². The number of amides is 1. The van der Waals surface area contributed by atoms with Gasteiger partial charge in [0.1, 0.15) is 5.75 Å². The Morgan fingerprint density at radius 3 is 2.62 bits per heavy atom. The maximum atomic E-state index is 13.1. The van der Waals surface area contributed by atoms with Crippen LogP contribution in [0.15, 0.2) is 48.5 Å². The van der Waals surface area contributed by atoms with E-state index in [4.69, 9.17) is 16.3 Å². The molecule has 3 aromatic rings. The molecule has 0 aliphatic rings. The number of aromatic hydroxyl groups is 1. The summed E-state index contributed by atoms with van der Waals surface area (Å²) in [6.45, 7) is 1.11. The van der Waals surface area contributed by atoms with E-state index in [1.165, 1.54) is 18.2 Å². The molecule has 1 amide bonds. The quantitative estimate of drug-likeness (QED) is 0.627. The minimum Gasteiger partial charge on any atom is -0.508 e. The third-order valence-electron chi connectivity index (χ3n) is 3.89. The standard InChI is InChI=1S/C19H15ClF3N3O3/c1-11-6-7-12(8-15(11)27)24-17(28)10-29-18-9-16(19(21,22)23)25-26(18)14-5-3-2-4-13(14)20/h2-9,27H,10H2,1H3,(H,24,28). The fraction of sp³-hybridized carbons (Fsp3) is 0.158. The van der Waals surface area contributed by atoms with Gasteiger partial charge in [-0.3, -0.25) is 4.79 Å². The van der Waals surface area contributed by atoms with Gasteiger partial charge in [0.2, 0.25) is 5.88 Å². The molecule has 0 aliphatic heterocycles. The second kappa shape index (κ2) is 8.04. The molecule has 0 bridgehead atoms. The van der Waals surface area contributed by atoms with Crippen molar-refractivity contribution in [2.75, 3.05) is 11.9 Å². The lowest BCUT2D eigenvalue weighted by atomic mass is 10.2. The number of benzene rings is 2. The average molecular weight is 426 g/mol. The minimum atomic E-state index is -4.70. The van der Waals surface area contributed by atoms with Crippen LogP contribution in [0.25, 0.3) is 5.69 Å². The molecule has 29 heavy (non-hydrogen) atoms. The number of carbonyl (C=O) groups is 1. The predicted molar refractivity (Wildman–Crippen MR) is 101 cm³/mol. The average Bonchev–Trinajstić information content (AvgIpc) is 3.08. The van der Waals surface area contributed by atoms with E-state index in [2.05, 4.69) is 10.4 Å². The smallest absolute Gasteiger partial charge is 0.435 e. The number of halogens is 4. The molecule has 0 atom stereocenters. The van der Waals surface area contributed by atoms with E-state index < -0.39 is 24.4 Å². The molecule has 2 aromatic carbocycles. The van der Waals surface area contributed by atoms with Crippen molar-refractivity contribution in [1.82, 2.24) is 9.78 Å². The van der Waals surface area contributed by atoms with Gasteiger partial charge in [-0.1, -0.05) is 29.8 Å². The predicted octanol–water partition coefficient (Wildman–Crippen LogP) is 4.58. The summed E-state index contributed by atoms with van der Waals surface area (Å²) in [4.78, 5) is 12.1. The van der Waals surface area contributed by atoms with E-state index in [-0.39, 0.29) is 22.3 Å². The second-order valence-corrected chi connectivity index (χ2v) is 6.47. The van der Waals surface area contributed by atoms with Crippen LogP contribution in [0, 0.1) is 6.92 Å². The highest BCUT2D eigenvalue weighted by Crippen LogP contribution is 2.33. The summed E-state index contributed by atoms with van der Waals surface area (Å²) < 4.78 is 45.4. The van der Waals surface area contributed by atoms with Crippen LogP contribution in [0.4, 0.5) is 18.9 Å². The van der Waals surface area contributed by atoms with Crippen LogP contribution in [-0.2, 0) is 11.0 Å². The van der Waals surface area contributed by atoms with Crippen molar-refractivity contribution in [2.45, 2.75) is 13.1 Å². The van der Waals surface area contributed by atoms with Crippen LogP contribution in [0.2, 0.25) is 5.02 Å². The van der Waals surface area contributed by atoms with Crippen LogP contribution in [-0.4, -0.2) is 27.4 Å². The van der Waals surface area contributed by atoms with Crippen molar-refractivity contribution >= 4 is 23.2 Å². The molecule has 0 fully saturated rings. The number of carbonyl (C=O) groups excluding carboxylic acids is 1. The van der Waals surface area contributed by atoms with Crippen molar-refractivity contribution in [2.24, 2.45) is 0 Å². The minimum absolute atomic E-state index is 0.00432. The lowest BCUT2D eigenvalue weighted by molar-refractivity contribution is -0.141. The fourth-order valence-corrected chi connectivity index (χ4v) is 2.64. The van der Waals surface area contributed by atoms with Crippen LogP contribution in [0.3, 0.4) is 0 Å². The zero-order valence-electron chi connectivity index (χ0n) is 15.0. The van der Waals surface area contributed by atoms with Crippen molar-refractivity contribution in [3.05, 3.63) is 64.8 Å².